The molecule has 1 aliphatic rings. The summed E-state index contributed by atoms with van der Waals surface area (Å²) in [6.07, 6.45) is 2.39. The van der Waals surface area contributed by atoms with Gasteiger partial charge in [-0.1, -0.05) is 0 Å². The van der Waals surface area contributed by atoms with E-state index in [-0.39, 0.29) is 11.4 Å². The number of aromatic nitrogens is 4. The number of sulfonamides is 1. The predicted octanol–water partition coefficient (Wildman–Crippen LogP) is 1.13. The summed E-state index contributed by atoms with van der Waals surface area (Å²) in [4.78, 5) is 0.258. The van der Waals surface area contributed by atoms with Crippen molar-refractivity contribution in [3.05, 3.63) is 28.8 Å². The summed E-state index contributed by atoms with van der Waals surface area (Å²) in [7, 11) is 0.0522. The molecule has 0 unspecified atom stereocenters. The molecule has 0 aliphatic heterocycles. The maximum absolute atomic E-state index is 12.5. The van der Waals surface area contributed by atoms with Crippen molar-refractivity contribution in [1.82, 2.24) is 24.3 Å². The molecular weight excluding hydrogens is 302 g/mol. The van der Waals surface area contributed by atoms with Crippen LogP contribution in [-0.2, 0) is 30.7 Å². The van der Waals surface area contributed by atoms with Gasteiger partial charge in [0.2, 0.25) is 10.0 Å². The average Bonchev–Trinajstić information content (AvgIpc) is 3.14. The van der Waals surface area contributed by atoms with Crippen LogP contribution in [0, 0.1) is 13.8 Å². The predicted molar refractivity (Wildman–Crippen MR) is 81.9 cm³/mol. The quantitative estimate of drug-likeness (QED) is 0.894. The largest absolute Gasteiger partial charge is 0.272 e. The molecule has 2 heterocycles. The molecule has 2 aromatic rings. The minimum absolute atomic E-state index is 0.191. The van der Waals surface area contributed by atoms with Crippen LogP contribution in [0.5, 0.6) is 0 Å². The molecule has 8 heteroatoms. The molecule has 1 aliphatic carbocycles. The molecule has 0 saturated heterocycles. The van der Waals surface area contributed by atoms with Crippen LogP contribution in [0.3, 0.4) is 0 Å². The van der Waals surface area contributed by atoms with Gasteiger partial charge in [-0.2, -0.15) is 10.2 Å². The third-order valence-electron chi connectivity index (χ3n) is 4.12. The number of aryl methyl sites for hydroxylation is 3. The van der Waals surface area contributed by atoms with Gasteiger partial charge in [0.1, 0.15) is 4.90 Å². The summed E-state index contributed by atoms with van der Waals surface area (Å²) in [5.74, 6) is 0.589. The summed E-state index contributed by atoms with van der Waals surface area (Å²) in [6.45, 7) is 3.64. The second-order valence-electron chi connectivity index (χ2n) is 5.91. The molecule has 1 fully saturated rings. The van der Waals surface area contributed by atoms with Crippen molar-refractivity contribution >= 4 is 10.0 Å². The molecule has 7 nitrogen and oxygen atoms in total. The molecule has 0 aromatic carbocycles. The molecule has 0 amide bonds. The van der Waals surface area contributed by atoms with E-state index in [1.54, 1.807) is 25.6 Å². The fourth-order valence-electron chi connectivity index (χ4n) is 2.78. The topological polar surface area (TPSA) is 81.8 Å². The van der Waals surface area contributed by atoms with Crippen molar-refractivity contribution in [2.75, 3.05) is 0 Å². The second-order valence-corrected chi connectivity index (χ2v) is 7.61. The number of nitrogens with one attached hydrogen (secondary N) is 1. The number of rotatable bonds is 5. The molecule has 1 N–H and O–H groups in total. The smallest absolute Gasteiger partial charge is 0.244 e. The van der Waals surface area contributed by atoms with Gasteiger partial charge in [0.05, 0.1) is 23.6 Å². The fourth-order valence-corrected chi connectivity index (χ4v) is 4.21. The average molecular weight is 323 g/mol. The highest BCUT2D eigenvalue weighted by atomic mass is 32.2. The SMILES string of the molecule is Cc1nn(C)c(C)c1S(=O)(=O)NCc1cc(C2CC2)n(C)n1. The Morgan fingerprint density at radius 1 is 1.23 bits per heavy atom. The van der Waals surface area contributed by atoms with Crippen LogP contribution >= 0.6 is 0 Å². The first-order valence-electron chi connectivity index (χ1n) is 7.32. The molecule has 0 radical (unpaired) electrons. The van der Waals surface area contributed by atoms with Crippen LogP contribution in [-0.4, -0.2) is 28.0 Å². The molecule has 0 bridgehead atoms. The Bertz CT molecular complexity index is 815. The molecular formula is C14H21N5O2S. The van der Waals surface area contributed by atoms with Crippen molar-refractivity contribution in [2.45, 2.75) is 44.0 Å². The summed E-state index contributed by atoms with van der Waals surface area (Å²) in [6, 6.07) is 1.99. The van der Waals surface area contributed by atoms with E-state index in [2.05, 4.69) is 14.9 Å². The Hall–Kier alpha value is -1.67. The summed E-state index contributed by atoms with van der Waals surface area (Å²) in [5, 5.41) is 8.55. The van der Waals surface area contributed by atoms with Crippen molar-refractivity contribution in [3.63, 3.8) is 0 Å². The maximum Gasteiger partial charge on any atom is 0.244 e. The highest BCUT2D eigenvalue weighted by molar-refractivity contribution is 7.89. The van der Waals surface area contributed by atoms with Gasteiger partial charge in [-0.25, -0.2) is 13.1 Å². The number of hydrogen-bond acceptors (Lipinski definition) is 4. The van der Waals surface area contributed by atoms with Crippen LogP contribution in [0.2, 0.25) is 0 Å². The Morgan fingerprint density at radius 2 is 1.91 bits per heavy atom. The van der Waals surface area contributed by atoms with E-state index in [1.807, 2.05) is 17.8 Å². The van der Waals surface area contributed by atoms with E-state index in [4.69, 9.17) is 0 Å². The third kappa shape index (κ3) is 2.68. The van der Waals surface area contributed by atoms with Crippen LogP contribution in [0.1, 0.15) is 41.5 Å². The van der Waals surface area contributed by atoms with E-state index in [1.165, 1.54) is 18.5 Å². The van der Waals surface area contributed by atoms with Gasteiger partial charge in [0, 0.05) is 25.7 Å². The lowest BCUT2D eigenvalue weighted by molar-refractivity contribution is 0.577. The van der Waals surface area contributed by atoms with Gasteiger partial charge in [0.15, 0.2) is 0 Å². The van der Waals surface area contributed by atoms with Gasteiger partial charge in [-0.3, -0.25) is 9.36 Å². The molecule has 2 aromatic heterocycles. The van der Waals surface area contributed by atoms with Crippen LogP contribution in [0.15, 0.2) is 11.0 Å². The first kappa shape index (κ1) is 15.2. The number of nitrogens with zero attached hydrogens (tertiary/aromatic N) is 4. The minimum Gasteiger partial charge on any atom is -0.272 e. The monoisotopic (exact) mass is 323 g/mol. The third-order valence-corrected chi connectivity index (χ3v) is 5.77. The highest BCUT2D eigenvalue weighted by Gasteiger charge is 2.28. The van der Waals surface area contributed by atoms with Crippen LogP contribution < -0.4 is 4.72 Å². The minimum atomic E-state index is -3.59. The van der Waals surface area contributed by atoms with Crippen molar-refractivity contribution in [2.24, 2.45) is 14.1 Å². The van der Waals surface area contributed by atoms with Gasteiger partial charge in [0.25, 0.3) is 0 Å². The van der Waals surface area contributed by atoms with Crippen molar-refractivity contribution in [1.29, 1.82) is 0 Å². The van der Waals surface area contributed by atoms with Crippen molar-refractivity contribution < 1.29 is 8.42 Å². The van der Waals surface area contributed by atoms with Gasteiger partial charge >= 0.3 is 0 Å². The summed E-state index contributed by atoms with van der Waals surface area (Å²) in [5.41, 5.74) is 3.06. The molecule has 1 saturated carbocycles. The second kappa shape index (κ2) is 5.20. The molecule has 0 spiro atoms. The maximum atomic E-state index is 12.5. The first-order chi connectivity index (χ1) is 10.3. The lowest BCUT2D eigenvalue weighted by Crippen LogP contribution is -2.24. The zero-order valence-electron chi connectivity index (χ0n) is 13.3. The molecule has 3 rings (SSSR count). The Kier molecular flexibility index (Phi) is 3.60. The fraction of sp³-hybridized carbons (Fsp3) is 0.571. The first-order valence-corrected chi connectivity index (χ1v) is 8.80. The van der Waals surface area contributed by atoms with Gasteiger partial charge < -0.3 is 0 Å². The summed E-state index contributed by atoms with van der Waals surface area (Å²) < 4.78 is 31.1. The Balaban J connectivity index is 1.79. The van der Waals surface area contributed by atoms with Gasteiger partial charge in [-0.15, -0.1) is 0 Å². The van der Waals surface area contributed by atoms with Crippen molar-refractivity contribution in [3.8, 4) is 0 Å². The normalized spacial score (nSPS) is 15.5. The highest BCUT2D eigenvalue weighted by Crippen LogP contribution is 2.39. The molecule has 0 atom stereocenters. The standard InChI is InChI=1S/C14H21N5O2S/c1-9-14(10(2)18(3)16-9)22(20,21)15-8-12-7-13(11-5-6-11)19(4)17-12/h7,11,15H,5-6,8H2,1-4H3. The van der Waals surface area contributed by atoms with E-state index >= 15 is 0 Å². The Labute approximate surface area is 130 Å². The van der Waals surface area contributed by atoms with E-state index in [9.17, 15) is 8.42 Å². The molecule has 22 heavy (non-hydrogen) atoms. The van der Waals surface area contributed by atoms with Crippen LogP contribution in [0.4, 0.5) is 0 Å². The Morgan fingerprint density at radius 3 is 2.45 bits per heavy atom. The van der Waals surface area contributed by atoms with Gasteiger partial charge in [-0.05, 0) is 32.8 Å². The summed E-state index contributed by atoms with van der Waals surface area (Å²) >= 11 is 0. The van der Waals surface area contributed by atoms with E-state index in [0.717, 1.165) is 5.69 Å². The zero-order valence-corrected chi connectivity index (χ0v) is 14.1. The zero-order chi connectivity index (χ0) is 16.1. The lowest BCUT2D eigenvalue weighted by atomic mass is 10.2. The van der Waals surface area contributed by atoms with E-state index in [0.29, 0.717) is 17.3 Å². The lowest BCUT2D eigenvalue weighted by Gasteiger charge is -2.05. The molecule has 120 valence electrons. The number of hydrogen-bond donors (Lipinski definition) is 1. The van der Waals surface area contributed by atoms with Crippen LogP contribution in [0.25, 0.3) is 0 Å². The van der Waals surface area contributed by atoms with E-state index < -0.39 is 10.0 Å².